The van der Waals surface area contributed by atoms with E-state index in [2.05, 4.69) is 10.5 Å². The highest BCUT2D eigenvalue weighted by atomic mass is 19.4. The van der Waals surface area contributed by atoms with Gasteiger partial charge < -0.3 is 4.57 Å². The van der Waals surface area contributed by atoms with Crippen LogP contribution in [0.4, 0.5) is 13.2 Å². The molecule has 3 aromatic carbocycles. The van der Waals surface area contributed by atoms with Crippen LogP contribution in [0.3, 0.4) is 0 Å². The van der Waals surface area contributed by atoms with Crippen LogP contribution in [0.5, 0.6) is 0 Å². The lowest BCUT2D eigenvalue weighted by molar-refractivity contribution is -0.137. The Morgan fingerprint density at radius 2 is 1.45 bits per heavy atom. The van der Waals surface area contributed by atoms with Crippen LogP contribution in [0.25, 0.3) is 21.8 Å². The van der Waals surface area contributed by atoms with Crippen LogP contribution in [0, 0.1) is 0 Å². The molecule has 1 heterocycles. The fourth-order valence-corrected chi connectivity index (χ4v) is 3.29. The number of hydrogen-bond acceptors (Lipinski definition) is 2. The van der Waals surface area contributed by atoms with Crippen molar-refractivity contribution >= 4 is 33.9 Å². The molecule has 0 aliphatic heterocycles. The predicted molar refractivity (Wildman–Crippen MR) is 107 cm³/mol. The number of carbonyl (C=O) groups excluding carboxylic acids is 1. The first-order chi connectivity index (χ1) is 13.9. The second-order valence-electron chi connectivity index (χ2n) is 6.53. The van der Waals surface area contributed by atoms with Crippen molar-refractivity contribution in [2.75, 3.05) is 0 Å². The highest BCUT2D eigenvalue weighted by Crippen LogP contribution is 2.29. The van der Waals surface area contributed by atoms with Gasteiger partial charge in [0.25, 0.3) is 5.91 Å². The molecule has 0 radical (unpaired) electrons. The number of nitrogens with one attached hydrogen (secondary N) is 1. The summed E-state index contributed by atoms with van der Waals surface area (Å²) < 4.78 is 39.7. The summed E-state index contributed by atoms with van der Waals surface area (Å²) in [5.41, 5.74) is 4.03. The van der Waals surface area contributed by atoms with Gasteiger partial charge in [0.2, 0.25) is 0 Å². The molecule has 4 aromatic rings. The molecule has 1 amide bonds. The Bertz CT molecular complexity index is 1150. The molecule has 0 unspecified atom stereocenters. The van der Waals surface area contributed by atoms with Crippen molar-refractivity contribution in [3.05, 3.63) is 83.9 Å². The van der Waals surface area contributed by atoms with Crippen molar-refractivity contribution in [1.29, 1.82) is 0 Å². The van der Waals surface area contributed by atoms with Crippen LogP contribution in [-0.2, 0) is 17.5 Å². The Kier molecular flexibility index (Phi) is 4.80. The van der Waals surface area contributed by atoms with Crippen molar-refractivity contribution in [3.63, 3.8) is 0 Å². The topological polar surface area (TPSA) is 46.4 Å². The molecule has 0 spiro atoms. The van der Waals surface area contributed by atoms with Gasteiger partial charge in [-0.1, -0.05) is 48.5 Å². The summed E-state index contributed by atoms with van der Waals surface area (Å²) in [6.07, 6.45) is -3.07. The van der Waals surface area contributed by atoms with Gasteiger partial charge in [0, 0.05) is 21.8 Å². The maximum atomic E-state index is 12.6. The molecule has 0 saturated carbocycles. The SMILES string of the molecule is O=C(Cn1c2ccccc2c2ccccc21)N/N=C/c1ccc(C(F)(F)F)cc1. The second-order valence-corrected chi connectivity index (χ2v) is 6.53. The van der Waals surface area contributed by atoms with Crippen LogP contribution in [0.15, 0.2) is 77.9 Å². The van der Waals surface area contributed by atoms with E-state index in [-0.39, 0.29) is 12.5 Å². The van der Waals surface area contributed by atoms with Gasteiger partial charge in [-0.2, -0.15) is 18.3 Å². The zero-order chi connectivity index (χ0) is 20.4. The number of rotatable bonds is 4. The molecule has 4 nitrogen and oxygen atoms in total. The number of hydrogen-bond donors (Lipinski definition) is 1. The first kappa shape index (κ1) is 18.7. The van der Waals surface area contributed by atoms with E-state index >= 15 is 0 Å². The molecule has 1 N–H and O–H groups in total. The minimum Gasteiger partial charge on any atom is -0.331 e. The van der Waals surface area contributed by atoms with E-state index in [0.717, 1.165) is 33.9 Å². The lowest BCUT2D eigenvalue weighted by Crippen LogP contribution is -2.23. The largest absolute Gasteiger partial charge is 0.416 e. The van der Waals surface area contributed by atoms with Gasteiger partial charge in [0.15, 0.2) is 0 Å². The molecule has 146 valence electrons. The average molecular weight is 395 g/mol. The second kappa shape index (κ2) is 7.43. The minimum absolute atomic E-state index is 0.0678. The number of aromatic nitrogens is 1. The van der Waals surface area contributed by atoms with Crippen LogP contribution >= 0.6 is 0 Å². The summed E-state index contributed by atoms with van der Waals surface area (Å²) in [5, 5.41) is 5.97. The molecule has 29 heavy (non-hydrogen) atoms. The van der Waals surface area contributed by atoms with E-state index in [1.165, 1.54) is 18.3 Å². The van der Waals surface area contributed by atoms with Crippen molar-refractivity contribution in [3.8, 4) is 0 Å². The Morgan fingerprint density at radius 1 is 0.897 bits per heavy atom. The number of fused-ring (bicyclic) bond motifs is 3. The zero-order valence-electron chi connectivity index (χ0n) is 15.1. The van der Waals surface area contributed by atoms with Crippen LogP contribution in [0.1, 0.15) is 11.1 Å². The summed E-state index contributed by atoms with van der Waals surface area (Å²) in [7, 11) is 0. The molecule has 0 aliphatic carbocycles. The quantitative estimate of drug-likeness (QED) is 0.385. The highest BCUT2D eigenvalue weighted by molar-refractivity contribution is 6.08. The molecule has 0 fully saturated rings. The van der Waals surface area contributed by atoms with Gasteiger partial charge in [-0.15, -0.1) is 0 Å². The molecule has 4 rings (SSSR count). The van der Waals surface area contributed by atoms with Crippen molar-refractivity contribution < 1.29 is 18.0 Å². The number of para-hydroxylation sites is 2. The number of halogens is 3. The Labute approximate surface area is 164 Å². The first-order valence-electron chi connectivity index (χ1n) is 8.88. The van der Waals surface area contributed by atoms with Crippen LogP contribution < -0.4 is 5.43 Å². The molecule has 0 aliphatic rings. The summed E-state index contributed by atoms with van der Waals surface area (Å²) in [5.74, 6) is -0.334. The molecule has 1 aromatic heterocycles. The summed E-state index contributed by atoms with van der Waals surface area (Å²) in [4.78, 5) is 12.4. The molecule has 0 bridgehead atoms. The number of amides is 1. The van der Waals surface area contributed by atoms with Gasteiger partial charge in [-0.25, -0.2) is 5.43 Å². The minimum atomic E-state index is -4.38. The number of hydrazone groups is 1. The molecule has 0 saturated heterocycles. The third-order valence-electron chi connectivity index (χ3n) is 4.62. The number of carbonyl (C=O) groups is 1. The molecular weight excluding hydrogens is 379 g/mol. The number of alkyl halides is 3. The maximum absolute atomic E-state index is 12.6. The Balaban J connectivity index is 1.50. The zero-order valence-corrected chi connectivity index (χ0v) is 15.1. The smallest absolute Gasteiger partial charge is 0.331 e. The average Bonchev–Trinajstić information content (AvgIpc) is 3.02. The highest BCUT2D eigenvalue weighted by Gasteiger charge is 2.29. The summed E-state index contributed by atoms with van der Waals surface area (Å²) >= 11 is 0. The van der Waals surface area contributed by atoms with Gasteiger partial charge in [0.1, 0.15) is 6.54 Å². The molecule has 0 atom stereocenters. The third kappa shape index (κ3) is 3.85. The van der Waals surface area contributed by atoms with E-state index in [4.69, 9.17) is 0 Å². The lowest BCUT2D eigenvalue weighted by Gasteiger charge is -2.07. The molecule has 7 heteroatoms. The van der Waals surface area contributed by atoms with Gasteiger partial charge in [-0.3, -0.25) is 4.79 Å². The predicted octanol–water partition coefficient (Wildman–Crippen LogP) is 4.96. The number of benzene rings is 3. The standard InChI is InChI=1S/C22H16F3N3O/c23-22(24,25)16-11-9-15(10-12-16)13-26-27-21(29)14-28-19-7-3-1-5-17(19)18-6-2-4-8-20(18)28/h1-13H,14H2,(H,27,29)/b26-13+. The Morgan fingerprint density at radius 3 is 2.00 bits per heavy atom. The van der Waals surface area contributed by atoms with Gasteiger partial charge in [-0.05, 0) is 29.8 Å². The van der Waals surface area contributed by atoms with Crippen molar-refractivity contribution in [2.24, 2.45) is 5.10 Å². The number of nitrogens with zero attached hydrogens (tertiary/aromatic N) is 2. The fourth-order valence-electron chi connectivity index (χ4n) is 3.29. The maximum Gasteiger partial charge on any atom is 0.416 e. The monoisotopic (exact) mass is 395 g/mol. The van der Waals surface area contributed by atoms with Gasteiger partial charge >= 0.3 is 6.18 Å². The Hall–Kier alpha value is -3.61. The van der Waals surface area contributed by atoms with E-state index < -0.39 is 11.7 Å². The summed E-state index contributed by atoms with van der Waals surface area (Å²) in [6, 6.07) is 20.2. The lowest BCUT2D eigenvalue weighted by atomic mass is 10.1. The van der Waals surface area contributed by atoms with Crippen molar-refractivity contribution in [2.45, 2.75) is 12.7 Å². The first-order valence-corrected chi connectivity index (χ1v) is 8.88. The molecular formula is C22H16F3N3O. The van der Waals surface area contributed by atoms with E-state index in [9.17, 15) is 18.0 Å². The summed E-state index contributed by atoms with van der Waals surface area (Å²) in [6.45, 7) is 0.0678. The van der Waals surface area contributed by atoms with E-state index in [1.54, 1.807) is 0 Å². The van der Waals surface area contributed by atoms with E-state index in [1.807, 2.05) is 53.1 Å². The van der Waals surface area contributed by atoms with Crippen molar-refractivity contribution in [1.82, 2.24) is 9.99 Å². The van der Waals surface area contributed by atoms with E-state index in [0.29, 0.717) is 5.56 Å². The van der Waals surface area contributed by atoms with Crippen LogP contribution in [-0.4, -0.2) is 16.7 Å². The third-order valence-corrected chi connectivity index (χ3v) is 4.62. The van der Waals surface area contributed by atoms with Gasteiger partial charge in [0.05, 0.1) is 11.8 Å². The van der Waals surface area contributed by atoms with Crippen LogP contribution in [0.2, 0.25) is 0 Å². The fraction of sp³-hybridized carbons (Fsp3) is 0.0909. The normalized spacial score (nSPS) is 12.1.